The Balaban J connectivity index is 1.54. The molecule has 1 saturated carbocycles. The first kappa shape index (κ1) is 14.5. The zero-order chi connectivity index (χ0) is 15.9. The molecule has 0 radical (unpaired) electrons. The van der Waals surface area contributed by atoms with Crippen LogP contribution in [-0.4, -0.2) is 28.0 Å². The van der Waals surface area contributed by atoms with Gasteiger partial charge in [-0.1, -0.05) is 35.5 Å². The minimum atomic E-state index is -0.142. The van der Waals surface area contributed by atoms with Crippen LogP contribution in [0.4, 0.5) is 0 Å². The highest BCUT2D eigenvalue weighted by atomic mass is 16.5. The summed E-state index contributed by atoms with van der Waals surface area (Å²) >= 11 is 0. The highest BCUT2D eigenvalue weighted by Gasteiger charge is 2.41. The first-order valence-electron chi connectivity index (χ1n) is 8.48. The third-order valence-corrected chi connectivity index (χ3v) is 5.15. The Morgan fingerprint density at radius 1 is 1.35 bits per heavy atom. The average molecular weight is 310 g/mol. The quantitative estimate of drug-likeness (QED) is 0.863. The van der Waals surface area contributed by atoms with Gasteiger partial charge in [0.05, 0.1) is 0 Å². The van der Waals surface area contributed by atoms with E-state index in [9.17, 15) is 4.79 Å². The van der Waals surface area contributed by atoms with E-state index in [1.165, 1.54) is 5.56 Å². The van der Waals surface area contributed by atoms with Crippen molar-refractivity contribution in [3.63, 3.8) is 0 Å². The monoisotopic (exact) mass is 310 g/mol. The number of rotatable bonds is 4. The fourth-order valence-electron chi connectivity index (χ4n) is 3.68. The fourth-order valence-corrected chi connectivity index (χ4v) is 3.68. The molecule has 1 aliphatic carbocycles. The Morgan fingerprint density at radius 3 is 2.87 bits per heavy atom. The van der Waals surface area contributed by atoms with E-state index in [-0.39, 0.29) is 11.4 Å². The molecule has 4 nitrogen and oxygen atoms in total. The van der Waals surface area contributed by atoms with Gasteiger partial charge in [-0.15, -0.1) is 0 Å². The van der Waals surface area contributed by atoms with Crippen LogP contribution in [0.1, 0.15) is 60.3 Å². The molecule has 1 aromatic heterocycles. The van der Waals surface area contributed by atoms with Gasteiger partial charge in [-0.2, -0.15) is 0 Å². The Hall–Kier alpha value is -2.10. The standard InChI is InChI=1S/C19H22N2O2/c1-19(13-14-6-3-2-4-7-14)10-5-11-21(19)18(22)16-12-17(23-20-16)15-8-9-15/h2-4,6-7,12,15H,5,8-11,13H2,1H3/t19-/m1/s1. The zero-order valence-corrected chi connectivity index (χ0v) is 13.5. The molecule has 1 saturated heterocycles. The van der Waals surface area contributed by atoms with E-state index >= 15 is 0 Å². The van der Waals surface area contributed by atoms with Gasteiger partial charge in [-0.25, -0.2) is 0 Å². The summed E-state index contributed by atoms with van der Waals surface area (Å²) in [5.74, 6) is 1.37. The van der Waals surface area contributed by atoms with Gasteiger partial charge < -0.3 is 9.42 Å². The van der Waals surface area contributed by atoms with Crippen molar-refractivity contribution in [1.82, 2.24) is 10.1 Å². The molecule has 0 N–H and O–H groups in total. The molecule has 4 heteroatoms. The van der Waals surface area contributed by atoms with Gasteiger partial charge in [0.25, 0.3) is 5.91 Å². The van der Waals surface area contributed by atoms with Crippen LogP contribution < -0.4 is 0 Å². The van der Waals surface area contributed by atoms with E-state index in [0.717, 1.165) is 44.4 Å². The van der Waals surface area contributed by atoms with E-state index in [2.05, 4.69) is 36.3 Å². The van der Waals surface area contributed by atoms with Crippen molar-refractivity contribution in [2.24, 2.45) is 0 Å². The topological polar surface area (TPSA) is 46.3 Å². The maximum Gasteiger partial charge on any atom is 0.276 e. The van der Waals surface area contributed by atoms with Crippen molar-refractivity contribution in [3.05, 3.63) is 53.4 Å². The molecule has 23 heavy (non-hydrogen) atoms. The Bertz CT molecular complexity index is 705. The molecule has 2 fully saturated rings. The number of carbonyl (C=O) groups is 1. The SMILES string of the molecule is C[C@]1(Cc2ccccc2)CCCN1C(=O)c1cc(C2CC2)on1. The van der Waals surface area contributed by atoms with Gasteiger partial charge in [0.1, 0.15) is 5.76 Å². The number of carbonyl (C=O) groups excluding carboxylic acids is 1. The van der Waals surface area contributed by atoms with Gasteiger partial charge in [-0.05, 0) is 44.6 Å². The molecule has 1 aliphatic heterocycles. The zero-order valence-electron chi connectivity index (χ0n) is 13.5. The molecule has 2 heterocycles. The number of nitrogens with zero attached hydrogens (tertiary/aromatic N) is 2. The Kier molecular flexibility index (Phi) is 3.47. The third-order valence-electron chi connectivity index (χ3n) is 5.15. The van der Waals surface area contributed by atoms with E-state index in [1.807, 2.05) is 17.0 Å². The van der Waals surface area contributed by atoms with Crippen LogP contribution in [-0.2, 0) is 6.42 Å². The number of amides is 1. The lowest BCUT2D eigenvalue weighted by molar-refractivity contribution is 0.0614. The van der Waals surface area contributed by atoms with Gasteiger partial charge >= 0.3 is 0 Å². The van der Waals surface area contributed by atoms with Crippen LogP contribution in [0.15, 0.2) is 40.9 Å². The number of hydrogen-bond donors (Lipinski definition) is 0. The smallest absolute Gasteiger partial charge is 0.276 e. The van der Waals surface area contributed by atoms with E-state index < -0.39 is 0 Å². The summed E-state index contributed by atoms with van der Waals surface area (Å²) in [6.07, 6.45) is 5.26. The lowest BCUT2D eigenvalue weighted by Crippen LogP contribution is -2.46. The summed E-state index contributed by atoms with van der Waals surface area (Å²) in [4.78, 5) is 14.9. The van der Waals surface area contributed by atoms with Crippen LogP contribution in [0, 0.1) is 0 Å². The van der Waals surface area contributed by atoms with E-state index in [0.29, 0.717) is 11.6 Å². The normalized spacial score (nSPS) is 24.1. The largest absolute Gasteiger partial charge is 0.360 e. The lowest BCUT2D eigenvalue weighted by Gasteiger charge is -2.35. The summed E-state index contributed by atoms with van der Waals surface area (Å²) in [5.41, 5.74) is 1.60. The average Bonchev–Trinajstić information content (AvgIpc) is 3.16. The van der Waals surface area contributed by atoms with Gasteiger partial charge in [-0.3, -0.25) is 4.79 Å². The van der Waals surface area contributed by atoms with Crippen LogP contribution >= 0.6 is 0 Å². The highest BCUT2D eigenvalue weighted by Crippen LogP contribution is 2.40. The summed E-state index contributed by atoms with van der Waals surface area (Å²) in [6.45, 7) is 2.99. The van der Waals surface area contributed by atoms with Crippen molar-refractivity contribution >= 4 is 5.91 Å². The highest BCUT2D eigenvalue weighted by molar-refractivity contribution is 5.93. The number of benzene rings is 1. The maximum absolute atomic E-state index is 12.9. The van der Waals surface area contributed by atoms with Gasteiger partial charge in [0, 0.05) is 24.1 Å². The number of likely N-dealkylation sites (tertiary alicyclic amines) is 1. The minimum Gasteiger partial charge on any atom is -0.360 e. The van der Waals surface area contributed by atoms with E-state index in [4.69, 9.17) is 4.52 Å². The summed E-state index contributed by atoms with van der Waals surface area (Å²) in [5, 5.41) is 4.03. The molecular weight excluding hydrogens is 288 g/mol. The first-order valence-corrected chi connectivity index (χ1v) is 8.48. The number of hydrogen-bond acceptors (Lipinski definition) is 3. The third kappa shape index (κ3) is 2.78. The molecule has 0 spiro atoms. The lowest BCUT2D eigenvalue weighted by atomic mass is 9.90. The molecule has 1 atom stereocenters. The molecule has 2 aliphatic rings. The van der Waals surface area contributed by atoms with E-state index in [1.54, 1.807) is 0 Å². The molecule has 0 bridgehead atoms. The molecular formula is C19H22N2O2. The predicted molar refractivity (Wildman–Crippen MR) is 87.3 cm³/mol. The van der Waals surface area contributed by atoms with Gasteiger partial charge in [0.2, 0.25) is 0 Å². The van der Waals surface area contributed by atoms with Crippen molar-refractivity contribution in [3.8, 4) is 0 Å². The molecule has 2 aromatic rings. The van der Waals surface area contributed by atoms with Crippen molar-refractivity contribution in [1.29, 1.82) is 0 Å². The molecule has 120 valence electrons. The number of aromatic nitrogens is 1. The minimum absolute atomic E-state index is 0.0107. The molecule has 1 amide bonds. The second kappa shape index (κ2) is 5.52. The fraction of sp³-hybridized carbons (Fsp3) is 0.474. The van der Waals surface area contributed by atoms with Crippen LogP contribution in [0.2, 0.25) is 0 Å². The predicted octanol–water partition coefficient (Wildman–Crippen LogP) is 3.79. The van der Waals surface area contributed by atoms with Gasteiger partial charge in [0.15, 0.2) is 5.69 Å². The second-order valence-electron chi connectivity index (χ2n) is 7.11. The second-order valence-corrected chi connectivity index (χ2v) is 7.11. The van der Waals surface area contributed by atoms with Crippen molar-refractivity contribution in [2.45, 2.75) is 50.5 Å². The summed E-state index contributed by atoms with van der Waals surface area (Å²) in [7, 11) is 0. The summed E-state index contributed by atoms with van der Waals surface area (Å²) in [6, 6.07) is 12.2. The first-order chi connectivity index (χ1) is 11.2. The van der Waals surface area contributed by atoms with Crippen molar-refractivity contribution in [2.75, 3.05) is 6.54 Å². The maximum atomic E-state index is 12.9. The molecule has 0 unspecified atom stereocenters. The van der Waals surface area contributed by atoms with Crippen LogP contribution in [0.3, 0.4) is 0 Å². The molecule has 1 aromatic carbocycles. The molecule has 4 rings (SSSR count). The van der Waals surface area contributed by atoms with Crippen LogP contribution in [0.5, 0.6) is 0 Å². The summed E-state index contributed by atoms with van der Waals surface area (Å²) < 4.78 is 5.36. The van der Waals surface area contributed by atoms with Crippen LogP contribution in [0.25, 0.3) is 0 Å². The van der Waals surface area contributed by atoms with Crippen molar-refractivity contribution < 1.29 is 9.32 Å². The Morgan fingerprint density at radius 2 is 2.13 bits per heavy atom. The Labute approximate surface area is 136 Å².